The Labute approximate surface area is 162 Å². The van der Waals surface area contributed by atoms with Crippen molar-refractivity contribution in [2.24, 2.45) is 4.99 Å². The Kier molecular flexibility index (Phi) is 5.14. The van der Waals surface area contributed by atoms with Crippen molar-refractivity contribution in [2.45, 2.75) is 20.3 Å². The number of hydrogen-bond acceptors (Lipinski definition) is 7. The fraction of sp³-hybridized carbons (Fsp3) is 0.381. The van der Waals surface area contributed by atoms with Gasteiger partial charge in [-0.3, -0.25) is 9.79 Å². The molecule has 1 aliphatic carbocycles. The lowest BCUT2D eigenvalue weighted by atomic mass is 10.1. The number of hydrogen-bond donors (Lipinski definition) is 0. The molecule has 0 aromatic heterocycles. The van der Waals surface area contributed by atoms with Gasteiger partial charge in [0, 0.05) is 31.3 Å². The van der Waals surface area contributed by atoms with Gasteiger partial charge in [-0.25, -0.2) is 4.98 Å². The SMILES string of the molecule is CC/N=c1/cc2oc3cc4c(cc3nc-2cc1C)OCCN4CCCOC=O. The van der Waals surface area contributed by atoms with Gasteiger partial charge in [0.25, 0.3) is 6.47 Å². The molecule has 0 saturated heterocycles. The maximum absolute atomic E-state index is 10.3. The van der Waals surface area contributed by atoms with Crippen molar-refractivity contribution >= 4 is 23.3 Å². The van der Waals surface area contributed by atoms with Crippen LogP contribution in [-0.4, -0.2) is 44.3 Å². The first-order valence-corrected chi connectivity index (χ1v) is 9.52. The van der Waals surface area contributed by atoms with E-state index in [-0.39, 0.29) is 0 Å². The number of anilines is 1. The van der Waals surface area contributed by atoms with E-state index in [0.717, 1.165) is 59.6 Å². The van der Waals surface area contributed by atoms with Crippen LogP contribution < -0.4 is 15.0 Å². The standard InChI is InChI=1S/C21H23N3O4/c1-3-22-15-10-19-16(9-14(15)2)23-17-11-21-18(12-20(17)28-19)24(6-8-27-21)5-4-7-26-13-25/h9-13H,3-8H2,1-2H3/b22-15-. The summed E-state index contributed by atoms with van der Waals surface area (Å²) < 4.78 is 16.8. The van der Waals surface area contributed by atoms with E-state index < -0.39 is 0 Å². The van der Waals surface area contributed by atoms with Gasteiger partial charge in [0.2, 0.25) is 0 Å². The summed E-state index contributed by atoms with van der Waals surface area (Å²) in [7, 11) is 0. The summed E-state index contributed by atoms with van der Waals surface area (Å²) in [6.45, 7) is 7.82. The molecule has 2 heterocycles. The molecular weight excluding hydrogens is 358 g/mol. The van der Waals surface area contributed by atoms with E-state index in [1.165, 1.54) is 0 Å². The molecule has 0 N–H and O–H groups in total. The van der Waals surface area contributed by atoms with E-state index in [1.54, 1.807) is 0 Å². The molecule has 2 aliphatic heterocycles. The summed E-state index contributed by atoms with van der Waals surface area (Å²) >= 11 is 0. The van der Waals surface area contributed by atoms with Crippen molar-refractivity contribution in [1.29, 1.82) is 0 Å². The molecule has 0 radical (unpaired) electrons. The van der Waals surface area contributed by atoms with Gasteiger partial charge < -0.3 is 18.8 Å². The topological polar surface area (TPSA) is 77.2 Å². The van der Waals surface area contributed by atoms with Crippen molar-refractivity contribution in [3.05, 3.63) is 35.2 Å². The number of nitrogens with zero attached hydrogens (tertiary/aromatic N) is 3. The van der Waals surface area contributed by atoms with Gasteiger partial charge in [-0.15, -0.1) is 0 Å². The summed E-state index contributed by atoms with van der Waals surface area (Å²) in [6.07, 6.45) is 0.754. The van der Waals surface area contributed by atoms with Crippen LogP contribution in [0, 0.1) is 6.92 Å². The van der Waals surface area contributed by atoms with Crippen LogP contribution in [0.5, 0.6) is 5.75 Å². The number of ether oxygens (including phenoxy) is 2. The zero-order valence-corrected chi connectivity index (χ0v) is 16.1. The summed E-state index contributed by atoms with van der Waals surface area (Å²) in [5.41, 5.74) is 4.32. The normalized spacial score (nSPS) is 14.2. The molecule has 0 spiro atoms. The van der Waals surface area contributed by atoms with Crippen LogP contribution in [0.4, 0.5) is 5.69 Å². The second-order valence-electron chi connectivity index (χ2n) is 6.74. The fourth-order valence-corrected chi connectivity index (χ4v) is 3.50. The number of rotatable bonds is 6. The van der Waals surface area contributed by atoms with Crippen LogP contribution in [-0.2, 0) is 9.53 Å². The smallest absolute Gasteiger partial charge is 0.293 e. The lowest BCUT2D eigenvalue weighted by molar-refractivity contribution is -0.128. The molecule has 3 aliphatic rings. The average Bonchev–Trinajstić information content (AvgIpc) is 2.69. The monoisotopic (exact) mass is 381 g/mol. The van der Waals surface area contributed by atoms with Gasteiger partial charge in [-0.1, -0.05) is 0 Å². The van der Waals surface area contributed by atoms with Crippen molar-refractivity contribution < 1.29 is 18.7 Å². The minimum Gasteiger partial charge on any atom is -0.489 e. The van der Waals surface area contributed by atoms with E-state index in [1.807, 2.05) is 38.1 Å². The van der Waals surface area contributed by atoms with Crippen LogP contribution in [0.2, 0.25) is 0 Å². The van der Waals surface area contributed by atoms with E-state index in [4.69, 9.17) is 18.9 Å². The van der Waals surface area contributed by atoms with Crippen LogP contribution in [0.1, 0.15) is 18.9 Å². The number of fused-ring (bicyclic) bond motifs is 3. The average molecular weight is 381 g/mol. The summed E-state index contributed by atoms with van der Waals surface area (Å²) in [6, 6.07) is 7.87. The van der Waals surface area contributed by atoms with Crippen LogP contribution in [0.25, 0.3) is 22.6 Å². The van der Waals surface area contributed by atoms with Gasteiger partial charge in [-0.2, -0.15) is 0 Å². The molecule has 28 heavy (non-hydrogen) atoms. The minimum atomic E-state index is 0.406. The highest BCUT2D eigenvalue weighted by molar-refractivity contribution is 5.84. The summed E-state index contributed by atoms with van der Waals surface area (Å²) in [4.78, 5) is 21.8. The minimum absolute atomic E-state index is 0.406. The second-order valence-corrected chi connectivity index (χ2v) is 6.74. The van der Waals surface area contributed by atoms with Gasteiger partial charge in [0.1, 0.15) is 23.6 Å². The molecule has 7 heteroatoms. The Morgan fingerprint density at radius 3 is 3.04 bits per heavy atom. The Morgan fingerprint density at radius 1 is 1.32 bits per heavy atom. The molecular formula is C21H23N3O4. The quantitative estimate of drug-likeness (QED) is 0.371. The molecule has 146 valence electrons. The van der Waals surface area contributed by atoms with Crippen LogP contribution in [0.15, 0.2) is 33.7 Å². The molecule has 0 saturated carbocycles. The maximum atomic E-state index is 10.3. The van der Waals surface area contributed by atoms with Gasteiger partial charge in [0.15, 0.2) is 11.3 Å². The summed E-state index contributed by atoms with van der Waals surface area (Å²) in [5.74, 6) is 1.51. The molecule has 0 bridgehead atoms. The predicted octanol–water partition coefficient (Wildman–Crippen LogP) is 2.92. The van der Waals surface area contributed by atoms with Crippen molar-refractivity contribution in [2.75, 3.05) is 37.7 Å². The van der Waals surface area contributed by atoms with Crippen molar-refractivity contribution in [3.63, 3.8) is 0 Å². The predicted molar refractivity (Wildman–Crippen MR) is 106 cm³/mol. The van der Waals surface area contributed by atoms with E-state index in [0.29, 0.717) is 31.0 Å². The van der Waals surface area contributed by atoms with Crippen LogP contribution >= 0.6 is 0 Å². The van der Waals surface area contributed by atoms with Gasteiger partial charge >= 0.3 is 0 Å². The number of aromatic nitrogens is 1. The Bertz CT molecular complexity index is 1040. The molecule has 4 rings (SSSR count). The van der Waals surface area contributed by atoms with E-state index in [2.05, 4.69) is 9.89 Å². The molecule has 0 unspecified atom stereocenters. The highest BCUT2D eigenvalue weighted by Gasteiger charge is 2.21. The van der Waals surface area contributed by atoms with E-state index in [9.17, 15) is 4.79 Å². The summed E-state index contributed by atoms with van der Waals surface area (Å²) in [5, 5.41) is 0.929. The first-order valence-electron chi connectivity index (χ1n) is 9.52. The second kappa shape index (κ2) is 7.88. The third kappa shape index (κ3) is 3.52. The highest BCUT2D eigenvalue weighted by atomic mass is 16.5. The highest BCUT2D eigenvalue weighted by Crippen LogP contribution is 2.37. The number of benzene rings is 2. The lowest BCUT2D eigenvalue weighted by Crippen LogP contribution is -2.34. The Morgan fingerprint density at radius 2 is 2.21 bits per heavy atom. The molecule has 1 aromatic rings. The molecule has 0 amide bonds. The molecule has 7 nitrogen and oxygen atoms in total. The van der Waals surface area contributed by atoms with Crippen molar-refractivity contribution in [1.82, 2.24) is 4.98 Å². The largest absolute Gasteiger partial charge is 0.489 e. The first-order chi connectivity index (χ1) is 13.7. The molecule has 1 aromatic carbocycles. The number of carbonyl (C=O) groups is 1. The first kappa shape index (κ1) is 18.3. The molecule has 0 atom stereocenters. The third-order valence-corrected chi connectivity index (χ3v) is 4.83. The maximum Gasteiger partial charge on any atom is 0.293 e. The Hall–Kier alpha value is -3.09. The number of aryl methyl sites for hydroxylation is 1. The zero-order chi connectivity index (χ0) is 19.5. The third-order valence-electron chi connectivity index (χ3n) is 4.83. The number of carbonyl (C=O) groups excluding carboxylic acids is 1. The Balaban J connectivity index is 1.75. The molecule has 0 fully saturated rings. The van der Waals surface area contributed by atoms with E-state index >= 15 is 0 Å². The van der Waals surface area contributed by atoms with Gasteiger partial charge in [-0.05, 0) is 31.9 Å². The van der Waals surface area contributed by atoms with Crippen molar-refractivity contribution in [3.8, 4) is 17.2 Å². The zero-order valence-electron chi connectivity index (χ0n) is 16.1. The van der Waals surface area contributed by atoms with Gasteiger partial charge in [0.05, 0.1) is 24.2 Å². The lowest BCUT2D eigenvalue weighted by Gasteiger charge is -2.31. The fourth-order valence-electron chi connectivity index (χ4n) is 3.50. The van der Waals surface area contributed by atoms with Crippen LogP contribution in [0.3, 0.4) is 0 Å².